The fourth-order valence-corrected chi connectivity index (χ4v) is 2.04. The molecule has 0 aliphatic carbocycles. The van der Waals surface area contributed by atoms with E-state index in [2.05, 4.69) is 11.8 Å². The summed E-state index contributed by atoms with van der Waals surface area (Å²) < 4.78 is 0. The molecule has 0 aromatic heterocycles. The number of ketones is 1. The summed E-state index contributed by atoms with van der Waals surface area (Å²) >= 11 is 0. The number of hydrogen-bond donors (Lipinski definition) is 1. The number of aliphatic hydroxyl groups excluding tert-OH is 1. The van der Waals surface area contributed by atoms with Crippen LogP contribution in [0.15, 0.2) is 0 Å². The molecule has 0 spiro atoms. The second-order valence-electron chi connectivity index (χ2n) is 4.04. The standard InChI is InChI=1S/C10H19NO2/c1-7-4-5-11(10(7)6-12)8(2)9(3)13/h7-8,10,12H,4-6H2,1-3H3. The number of likely N-dealkylation sites (tertiary alicyclic amines) is 1. The SMILES string of the molecule is CC(=O)C(C)N1CCC(C)C1CO. The number of carbonyl (C=O) groups is 1. The lowest BCUT2D eigenvalue weighted by molar-refractivity contribution is -0.122. The minimum atomic E-state index is -0.0397. The van der Waals surface area contributed by atoms with Gasteiger partial charge in [-0.25, -0.2) is 0 Å². The third kappa shape index (κ3) is 2.09. The van der Waals surface area contributed by atoms with Crippen LogP contribution >= 0.6 is 0 Å². The molecular weight excluding hydrogens is 166 g/mol. The predicted molar refractivity (Wildman–Crippen MR) is 51.5 cm³/mol. The molecule has 3 nitrogen and oxygen atoms in total. The molecule has 1 aliphatic rings. The molecule has 1 fully saturated rings. The first kappa shape index (κ1) is 10.7. The van der Waals surface area contributed by atoms with E-state index in [9.17, 15) is 9.90 Å². The average Bonchev–Trinajstić information content (AvgIpc) is 2.45. The predicted octanol–water partition coefficient (Wildman–Crippen LogP) is 0.667. The van der Waals surface area contributed by atoms with Crippen LogP contribution < -0.4 is 0 Å². The molecule has 3 unspecified atom stereocenters. The summed E-state index contributed by atoms with van der Waals surface area (Å²) in [5.41, 5.74) is 0. The van der Waals surface area contributed by atoms with Crippen molar-refractivity contribution in [3.05, 3.63) is 0 Å². The zero-order valence-electron chi connectivity index (χ0n) is 8.66. The number of nitrogens with zero attached hydrogens (tertiary/aromatic N) is 1. The maximum atomic E-state index is 11.2. The topological polar surface area (TPSA) is 40.5 Å². The fourth-order valence-electron chi connectivity index (χ4n) is 2.04. The van der Waals surface area contributed by atoms with Crippen LogP contribution in [0.2, 0.25) is 0 Å². The quantitative estimate of drug-likeness (QED) is 0.702. The molecule has 13 heavy (non-hydrogen) atoms. The summed E-state index contributed by atoms with van der Waals surface area (Å²) in [5, 5.41) is 9.18. The van der Waals surface area contributed by atoms with Crippen LogP contribution in [0.4, 0.5) is 0 Å². The van der Waals surface area contributed by atoms with Crippen molar-refractivity contribution in [3.63, 3.8) is 0 Å². The van der Waals surface area contributed by atoms with E-state index in [-0.39, 0.29) is 24.5 Å². The van der Waals surface area contributed by atoms with Gasteiger partial charge in [0.25, 0.3) is 0 Å². The third-order valence-electron chi connectivity index (χ3n) is 3.20. The molecule has 0 aromatic rings. The highest BCUT2D eigenvalue weighted by atomic mass is 16.3. The normalized spacial score (nSPS) is 32.0. The average molecular weight is 185 g/mol. The van der Waals surface area contributed by atoms with Gasteiger partial charge >= 0.3 is 0 Å². The van der Waals surface area contributed by atoms with Crippen LogP contribution in [0.1, 0.15) is 27.2 Å². The van der Waals surface area contributed by atoms with E-state index in [1.165, 1.54) is 0 Å². The Morgan fingerprint density at radius 2 is 2.31 bits per heavy atom. The first-order chi connectivity index (χ1) is 6.07. The Hall–Kier alpha value is -0.410. The van der Waals surface area contributed by atoms with Gasteiger partial charge in [0.1, 0.15) is 5.78 Å². The summed E-state index contributed by atoms with van der Waals surface area (Å²) in [7, 11) is 0. The molecule has 0 saturated carbocycles. The lowest BCUT2D eigenvalue weighted by atomic mass is 10.0. The fraction of sp³-hybridized carbons (Fsp3) is 0.900. The van der Waals surface area contributed by atoms with Crippen molar-refractivity contribution in [1.82, 2.24) is 4.90 Å². The van der Waals surface area contributed by atoms with Crippen LogP contribution in [0.5, 0.6) is 0 Å². The molecule has 3 heteroatoms. The molecule has 0 radical (unpaired) electrons. The van der Waals surface area contributed by atoms with Crippen LogP contribution in [-0.4, -0.2) is 41.0 Å². The van der Waals surface area contributed by atoms with Gasteiger partial charge in [0.15, 0.2) is 0 Å². The van der Waals surface area contributed by atoms with Crippen LogP contribution in [0.3, 0.4) is 0 Å². The van der Waals surface area contributed by atoms with Crippen molar-refractivity contribution in [3.8, 4) is 0 Å². The van der Waals surface area contributed by atoms with E-state index in [1.807, 2.05) is 6.92 Å². The lowest BCUT2D eigenvalue weighted by Gasteiger charge is -2.29. The second-order valence-corrected chi connectivity index (χ2v) is 4.04. The number of rotatable bonds is 3. The highest BCUT2D eigenvalue weighted by molar-refractivity contribution is 5.81. The number of Topliss-reactive ketones (excluding diaryl/α,β-unsaturated/α-hetero) is 1. The Morgan fingerprint density at radius 3 is 2.77 bits per heavy atom. The van der Waals surface area contributed by atoms with Gasteiger partial charge in [-0.15, -0.1) is 0 Å². The molecular formula is C10H19NO2. The summed E-state index contributed by atoms with van der Waals surface area (Å²) in [6, 6.07) is 0.140. The summed E-state index contributed by atoms with van der Waals surface area (Å²) in [6.45, 7) is 6.77. The molecule has 0 aromatic carbocycles. The monoisotopic (exact) mass is 185 g/mol. The van der Waals surface area contributed by atoms with Crippen molar-refractivity contribution < 1.29 is 9.90 Å². The maximum Gasteiger partial charge on any atom is 0.146 e. The van der Waals surface area contributed by atoms with Gasteiger partial charge in [-0.1, -0.05) is 6.92 Å². The molecule has 1 rings (SSSR count). The molecule has 3 atom stereocenters. The third-order valence-corrected chi connectivity index (χ3v) is 3.20. The van der Waals surface area contributed by atoms with Gasteiger partial charge in [-0.2, -0.15) is 0 Å². The Kier molecular flexibility index (Phi) is 3.45. The van der Waals surface area contributed by atoms with Crippen molar-refractivity contribution in [2.75, 3.05) is 13.2 Å². The molecule has 76 valence electrons. The largest absolute Gasteiger partial charge is 0.395 e. The molecule has 1 N–H and O–H groups in total. The van der Waals surface area contributed by atoms with Crippen molar-refractivity contribution in [2.45, 2.75) is 39.3 Å². The summed E-state index contributed by atoms with van der Waals surface area (Å²) in [4.78, 5) is 13.3. The molecule has 0 bridgehead atoms. The van der Waals surface area contributed by atoms with Crippen molar-refractivity contribution in [2.24, 2.45) is 5.92 Å². The molecule has 1 heterocycles. The van der Waals surface area contributed by atoms with E-state index >= 15 is 0 Å². The van der Waals surface area contributed by atoms with Crippen LogP contribution in [0, 0.1) is 5.92 Å². The zero-order chi connectivity index (χ0) is 10.0. The van der Waals surface area contributed by atoms with Crippen LogP contribution in [0.25, 0.3) is 0 Å². The van der Waals surface area contributed by atoms with Crippen molar-refractivity contribution in [1.29, 1.82) is 0 Å². The van der Waals surface area contributed by atoms with E-state index in [0.29, 0.717) is 5.92 Å². The first-order valence-electron chi connectivity index (χ1n) is 4.95. The van der Waals surface area contributed by atoms with Gasteiger partial charge in [0.05, 0.1) is 12.6 Å². The van der Waals surface area contributed by atoms with Gasteiger partial charge in [-0.3, -0.25) is 9.69 Å². The Bertz CT molecular complexity index is 193. The smallest absolute Gasteiger partial charge is 0.146 e. The Labute approximate surface area is 79.7 Å². The van der Waals surface area contributed by atoms with Gasteiger partial charge in [0, 0.05) is 6.04 Å². The summed E-state index contributed by atoms with van der Waals surface area (Å²) in [5.74, 6) is 0.694. The number of carbonyl (C=O) groups excluding carboxylic acids is 1. The maximum absolute atomic E-state index is 11.2. The lowest BCUT2D eigenvalue weighted by Crippen LogP contribution is -2.44. The second kappa shape index (κ2) is 4.20. The van der Waals surface area contributed by atoms with Gasteiger partial charge < -0.3 is 5.11 Å². The van der Waals surface area contributed by atoms with Crippen molar-refractivity contribution >= 4 is 5.78 Å². The van der Waals surface area contributed by atoms with Crippen LogP contribution in [-0.2, 0) is 4.79 Å². The van der Waals surface area contributed by atoms with E-state index in [0.717, 1.165) is 13.0 Å². The number of hydrogen-bond acceptors (Lipinski definition) is 3. The zero-order valence-corrected chi connectivity index (χ0v) is 8.66. The summed E-state index contributed by atoms with van der Waals surface area (Å²) in [6.07, 6.45) is 1.09. The first-order valence-corrected chi connectivity index (χ1v) is 4.95. The minimum Gasteiger partial charge on any atom is -0.395 e. The van der Waals surface area contributed by atoms with Gasteiger partial charge in [-0.05, 0) is 32.7 Å². The Balaban J connectivity index is 2.64. The number of aliphatic hydroxyl groups is 1. The minimum absolute atomic E-state index is 0.0397. The molecule has 0 amide bonds. The Morgan fingerprint density at radius 1 is 1.69 bits per heavy atom. The van der Waals surface area contributed by atoms with Gasteiger partial charge in [0.2, 0.25) is 0 Å². The van der Waals surface area contributed by atoms with E-state index in [1.54, 1.807) is 6.92 Å². The highest BCUT2D eigenvalue weighted by Gasteiger charge is 2.34. The highest BCUT2D eigenvalue weighted by Crippen LogP contribution is 2.25. The van der Waals surface area contributed by atoms with E-state index in [4.69, 9.17) is 0 Å². The van der Waals surface area contributed by atoms with E-state index < -0.39 is 0 Å². The molecule has 1 aliphatic heterocycles. The molecule has 1 saturated heterocycles.